The van der Waals surface area contributed by atoms with E-state index in [2.05, 4.69) is 64.6 Å². The van der Waals surface area contributed by atoms with Crippen molar-refractivity contribution in [2.24, 2.45) is 0 Å². The number of hydrogen-bond donors (Lipinski definition) is 0. The van der Waals surface area contributed by atoms with Gasteiger partial charge in [-0.05, 0) is 45.5 Å². The molecule has 0 spiro atoms. The van der Waals surface area contributed by atoms with Crippen molar-refractivity contribution in [3.8, 4) is 11.1 Å². The van der Waals surface area contributed by atoms with Crippen molar-refractivity contribution in [2.75, 3.05) is 0 Å². The van der Waals surface area contributed by atoms with Gasteiger partial charge in [0.25, 0.3) is 0 Å². The van der Waals surface area contributed by atoms with Gasteiger partial charge in [0.2, 0.25) is 0 Å². The molecule has 3 aromatic rings. The van der Waals surface area contributed by atoms with Crippen LogP contribution in [0.3, 0.4) is 0 Å². The molecule has 5 rings (SSSR count). The lowest BCUT2D eigenvalue weighted by molar-refractivity contribution is 1.16. The van der Waals surface area contributed by atoms with Gasteiger partial charge in [-0.25, -0.2) is 0 Å². The van der Waals surface area contributed by atoms with Crippen molar-refractivity contribution in [3.05, 3.63) is 88.3 Å². The highest BCUT2D eigenvalue weighted by Gasteiger charge is 2.16. The quantitative estimate of drug-likeness (QED) is 0.690. The molecule has 0 atom stereocenters. The summed E-state index contributed by atoms with van der Waals surface area (Å²) in [6, 6.07) is 13.2. The molecule has 2 heteroatoms. The van der Waals surface area contributed by atoms with E-state index in [1.54, 1.807) is 12.4 Å². The Balaban J connectivity index is 1.76. The first kappa shape index (κ1) is 13.4. The lowest BCUT2D eigenvalue weighted by Crippen LogP contribution is -2.33. The second kappa shape index (κ2) is 5.27. The monoisotopic (exact) mass is 308 g/mol. The molecule has 0 radical (unpaired) electrons. The SMILES string of the molecule is C1=C(c2cnccn2)c2ccc3c(c2=CC1)=CCc1ccccc1-3. The minimum absolute atomic E-state index is 0.935. The van der Waals surface area contributed by atoms with Crippen LogP contribution in [0.15, 0.2) is 61.1 Å². The second-order valence-electron chi connectivity index (χ2n) is 6.20. The van der Waals surface area contributed by atoms with Gasteiger partial charge >= 0.3 is 0 Å². The molecule has 0 amide bonds. The highest BCUT2D eigenvalue weighted by atomic mass is 14.8. The average molecular weight is 308 g/mol. The van der Waals surface area contributed by atoms with E-state index in [0.717, 1.165) is 18.5 Å². The molecule has 0 N–H and O–H groups in total. The highest BCUT2D eigenvalue weighted by Crippen LogP contribution is 2.27. The normalized spacial score (nSPS) is 14.4. The lowest BCUT2D eigenvalue weighted by Gasteiger charge is -2.19. The number of allylic oxidation sites excluding steroid dienone is 1. The maximum atomic E-state index is 4.49. The fourth-order valence-corrected chi connectivity index (χ4v) is 3.80. The topological polar surface area (TPSA) is 25.8 Å². The van der Waals surface area contributed by atoms with Gasteiger partial charge in [0.05, 0.1) is 11.9 Å². The first-order valence-corrected chi connectivity index (χ1v) is 8.30. The summed E-state index contributed by atoms with van der Waals surface area (Å²) in [5.74, 6) is 0. The summed E-state index contributed by atoms with van der Waals surface area (Å²) in [5, 5.41) is 2.70. The summed E-state index contributed by atoms with van der Waals surface area (Å²) in [4.78, 5) is 8.72. The number of rotatable bonds is 1. The minimum atomic E-state index is 0.935. The van der Waals surface area contributed by atoms with Crippen LogP contribution in [-0.4, -0.2) is 9.97 Å². The summed E-state index contributed by atoms with van der Waals surface area (Å²) in [6.45, 7) is 0. The number of hydrogen-bond acceptors (Lipinski definition) is 2. The molecule has 0 fully saturated rings. The van der Waals surface area contributed by atoms with Gasteiger partial charge in [0.1, 0.15) is 0 Å². The Bertz CT molecular complexity index is 1090. The van der Waals surface area contributed by atoms with E-state index >= 15 is 0 Å². The van der Waals surface area contributed by atoms with Crippen molar-refractivity contribution in [3.63, 3.8) is 0 Å². The Morgan fingerprint density at radius 2 is 1.62 bits per heavy atom. The van der Waals surface area contributed by atoms with Crippen LogP contribution in [0.25, 0.3) is 28.9 Å². The molecule has 24 heavy (non-hydrogen) atoms. The van der Waals surface area contributed by atoms with Gasteiger partial charge in [0, 0.05) is 18.0 Å². The van der Waals surface area contributed by atoms with Gasteiger partial charge in [-0.15, -0.1) is 0 Å². The third-order valence-electron chi connectivity index (χ3n) is 4.89. The third-order valence-corrected chi connectivity index (χ3v) is 4.89. The molecular formula is C22H16N2. The van der Waals surface area contributed by atoms with Gasteiger partial charge in [-0.2, -0.15) is 0 Å². The Labute approximate surface area is 140 Å². The molecule has 0 saturated carbocycles. The maximum Gasteiger partial charge on any atom is 0.0888 e. The highest BCUT2D eigenvalue weighted by molar-refractivity contribution is 5.83. The summed E-state index contributed by atoms with van der Waals surface area (Å²) in [6.07, 6.45) is 14.2. The molecule has 114 valence electrons. The molecule has 2 nitrogen and oxygen atoms in total. The molecule has 2 aromatic carbocycles. The first-order chi connectivity index (χ1) is 11.9. The van der Waals surface area contributed by atoms with E-state index in [0.29, 0.717) is 0 Å². The zero-order valence-corrected chi connectivity index (χ0v) is 13.2. The van der Waals surface area contributed by atoms with Crippen LogP contribution in [0, 0.1) is 0 Å². The molecule has 1 heterocycles. The molecular weight excluding hydrogens is 292 g/mol. The molecule has 2 aliphatic carbocycles. The van der Waals surface area contributed by atoms with Crippen LogP contribution in [0.5, 0.6) is 0 Å². The predicted molar refractivity (Wildman–Crippen MR) is 97.5 cm³/mol. The fourth-order valence-electron chi connectivity index (χ4n) is 3.80. The molecule has 2 aliphatic rings. The van der Waals surface area contributed by atoms with E-state index in [1.165, 1.54) is 38.3 Å². The lowest BCUT2D eigenvalue weighted by atomic mass is 9.86. The van der Waals surface area contributed by atoms with Gasteiger partial charge < -0.3 is 0 Å². The smallest absolute Gasteiger partial charge is 0.0888 e. The van der Waals surface area contributed by atoms with Crippen molar-refractivity contribution in [1.29, 1.82) is 0 Å². The zero-order valence-electron chi connectivity index (χ0n) is 13.2. The van der Waals surface area contributed by atoms with Crippen molar-refractivity contribution < 1.29 is 0 Å². The maximum absolute atomic E-state index is 4.49. The molecule has 0 unspecified atom stereocenters. The Morgan fingerprint density at radius 3 is 2.54 bits per heavy atom. The summed E-state index contributed by atoms with van der Waals surface area (Å²) >= 11 is 0. The first-order valence-electron chi connectivity index (χ1n) is 8.30. The number of aromatic nitrogens is 2. The zero-order chi connectivity index (χ0) is 15.9. The van der Waals surface area contributed by atoms with Crippen LogP contribution in [0.1, 0.15) is 23.2 Å². The van der Waals surface area contributed by atoms with Crippen LogP contribution in [0.2, 0.25) is 0 Å². The van der Waals surface area contributed by atoms with Crippen LogP contribution < -0.4 is 10.4 Å². The van der Waals surface area contributed by atoms with Gasteiger partial charge in [-0.1, -0.05) is 54.6 Å². The summed E-state index contributed by atoms with van der Waals surface area (Å²) in [5.41, 5.74) is 7.51. The van der Waals surface area contributed by atoms with Gasteiger partial charge in [-0.3, -0.25) is 9.97 Å². The van der Waals surface area contributed by atoms with Crippen molar-refractivity contribution in [2.45, 2.75) is 12.8 Å². The number of fused-ring (bicyclic) bond motifs is 5. The summed E-state index contributed by atoms with van der Waals surface area (Å²) < 4.78 is 0. The van der Waals surface area contributed by atoms with E-state index in [1.807, 2.05) is 6.20 Å². The van der Waals surface area contributed by atoms with Gasteiger partial charge in [0.15, 0.2) is 0 Å². The number of benzene rings is 2. The van der Waals surface area contributed by atoms with Crippen LogP contribution >= 0.6 is 0 Å². The minimum Gasteiger partial charge on any atom is -0.261 e. The Kier molecular flexibility index (Phi) is 2.95. The standard InChI is InChI=1S/C22H16N2/c1-2-5-16-15(4-1)8-9-19-17-6-3-7-21(20(17)11-10-18(16)19)22-14-23-12-13-24-22/h1-2,4-7,9-14H,3,8H2. The third kappa shape index (κ3) is 1.96. The van der Waals surface area contributed by atoms with E-state index in [9.17, 15) is 0 Å². The van der Waals surface area contributed by atoms with E-state index in [-0.39, 0.29) is 0 Å². The fraction of sp³-hybridized carbons (Fsp3) is 0.0909. The second-order valence-corrected chi connectivity index (χ2v) is 6.20. The predicted octanol–water partition coefficient (Wildman–Crippen LogP) is 3.10. The van der Waals surface area contributed by atoms with E-state index < -0.39 is 0 Å². The largest absolute Gasteiger partial charge is 0.261 e. The molecule has 0 aliphatic heterocycles. The van der Waals surface area contributed by atoms with Crippen molar-refractivity contribution in [1.82, 2.24) is 9.97 Å². The van der Waals surface area contributed by atoms with Crippen molar-refractivity contribution >= 4 is 17.7 Å². The van der Waals surface area contributed by atoms with Crippen LogP contribution in [0.4, 0.5) is 0 Å². The number of nitrogens with zero attached hydrogens (tertiary/aromatic N) is 2. The summed E-state index contributed by atoms with van der Waals surface area (Å²) in [7, 11) is 0. The molecule has 0 bridgehead atoms. The van der Waals surface area contributed by atoms with E-state index in [4.69, 9.17) is 0 Å². The molecule has 1 aromatic heterocycles. The van der Waals surface area contributed by atoms with Crippen LogP contribution in [-0.2, 0) is 6.42 Å². The average Bonchev–Trinajstić information content (AvgIpc) is 2.67. The Hall–Kier alpha value is -3.00. The molecule has 0 saturated heterocycles. The Morgan fingerprint density at radius 1 is 0.750 bits per heavy atom.